The van der Waals surface area contributed by atoms with Gasteiger partial charge in [-0.15, -0.1) is 0 Å². The first-order valence-electron chi connectivity index (χ1n) is 3.36. The van der Waals surface area contributed by atoms with Gasteiger partial charge in [-0.3, -0.25) is 0 Å². The van der Waals surface area contributed by atoms with E-state index in [4.69, 9.17) is 15.6 Å². The van der Waals surface area contributed by atoms with E-state index in [-0.39, 0.29) is 18.8 Å². The fourth-order valence-corrected chi connectivity index (χ4v) is 1.12. The van der Waals surface area contributed by atoms with Gasteiger partial charge in [-0.1, -0.05) is 0 Å². The van der Waals surface area contributed by atoms with Gasteiger partial charge in [-0.25, -0.2) is 0 Å². The van der Waals surface area contributed by atoms with Crippen LogP contribution in [0.4, 0.5) is 0 Å². The smallest absolute Gasteiger partial charge is 0.108 e. The Kier molecular flexibility index (Phi) is 2.25. The van der Waals surface area contributed by atoms with Crippen LogP contribution in [0.2, 0.25) is 0 Å². The quantitative estimate of drug-likeness (QED) is 0.420. The molecule has 1 saturated heterocycles. The maximum absolute atomic E-state index is 9.22. The first kappa shape index (κ1) is 7.94. The van der Waals surface area contributed by atoms with Crippen LogP contribution < -0.4 is 5.73 Å². The summed E-state index contributed by atoms with van der Waals surface area (Å²) in [6.45, 7) is 1.61. The molecular formula is C6H13NO3. The first-order chi connectivity index (χ1) is 4.66. The van der Waals surface area contributed by atoms with Crippen molar-refractivity contribution in [1.29, 1.82) is 0 Å². The van der Waals surface area contributed by atoms with Gasteiger partial charge in [0.1, 0.15) is 6.10 Å². The van der Waals surface area contributed by atoms with E-state index >= 15 is 0 Å². The molecule has 0 aromatic rings. The molecule has 0 saturated carbocycles. The minimum atomic E-state index is -0.722. The highest BCUT2D eigenvalue weighted by molar-refractivity contribution is 4.90. The molecule has 4 nitrogen and oxygen atoms in total. The van der Waals surface area contributed by atoms with Crippen molar-refractivity contribution in [2.45, 2.75) is 31.3 Å². The number of hydrogen-bond acceptors (Lipinski definition) is 4. The van der Waals surface area contributed by atoms with E-state index in [0.29, 0.717) is 0 Å². The molecule has 1 rings (SSSR count). The molecular weight excluding hydrogens is 134 g/mol. The van der Waals surface area contributed by atoms with Crippen LogP contribution in [0.25, 0.3) is 0 Å². The number of ether oxygens (including phenoxy) is 1. The van der Waals surface area contributed by atoms with Gasteiger partial charge in [0.2, 0.25) is 0 Å². The maximum atomic E-state index is 9.22. The highest BCUT2D eigenvalue weighted by Gasteiger charge is 2.38. The highest BCUT2D eigenvalue weighted by Crippen LogP contribution is 2.18. The zero-order valence-electron chi connectivity index (χ0n) is 5.90. The van der Waals surface area contributed by atoms with E-state index in [1.807, 2.05) is 0 Å². The molecule has 0 aromatic carbocycles. The monoisotopic (exact) mass is 147 g/mol. The first-order valence-corrected chi connectivity index (χ1v) is 3.36. The summed E-state index contributed by atoms with van der Waals surface area (Å²) in [5.74, 6) is 0. The van der Waals surface area contributed by atoms with E-state index in [2.05, 4.69) is 0 Å². The molecule has 0 aliphatic carbocycles. The molecule has 4 atom stereocenters. The second-order valence-corrected chi connectivity index (χ2v) is 2.63. The fraction of sp³-hybridized carbons (Fsp3) is 1.00. The third-order valence-electron chi connectivity index (χ3n) is 1.89. The Morgan fingerprint density at radius 1 is 1.60 bits per heavy atom. The standard InChI is InChI=1S/C6H13NO3/c1-3-5(7)6(9)4(2-8)10-3/h3-6,8-9H,2,7H2,1H3/t3-,4+,5?,6?/m0/s1. The lowest BCUT2D eigenvalue weighted by atomic mass is 10.1. The van der Waals surface area contributed by atoms with Gasteiger partial charge in [0, 0.05) is 0 Å². The van der Waals surface area contributed by atoms with Crippen LogP contribution in [-0.2, 0) is 4.74 Å². The molecule has 0 radical (unpaired) electrons. The normalized spacial score (nSPS) is 48.0. The summed E-state index contributed by atoms with van der Waals surface area (Å²) >= 11 is 0. The molecule has 1 aliphatic heterocycles. The van der Waals surface area contributed by atoms with Crippen molar-refractivity contribution >= 4 is 0 Å². The van der Waals surface area contributed by atoms with E-state index in [1.165, 1.54) is 0 Å². The fourth-order valence-electron chi connectivity index (χ4n) is 1.12. The Morgan fingerprint density at radius 2 is 2.20 bits per heavy atom. The third-order valence-corrected chi connectivity index (χ3v) is 1.89. The Bertz CT molecular complexity index is 120. The molecule has 60 valence electrons. The molecule has 1 fully saturated rings. The highest BCUT2D eigenvalue weighted by atomic mass is 16.5. The molecule has 10 heavy (non-hydrogen) atoms. The van der Waals surface area contributed by atoms with Crippen LogP contribution >= 0.6 is 0 Å². The molecule has 4 N–H and O–H groups in total. The Balaban J connectivity index is 2.53. The van der Waals surface area contributed by atoms with E-state index < -0.39 is 12.2 Å². The predicted octanol–water partition coefficient (Wildman–Crippen LogP) is -1.55. The number of aliphatic hydroxyl groups excluding tert-OH is 2. The Labute approximate surface area is 59.6 Å². The van der Waals surface area contributed by atoms with Crippen LogP contribution in [0.3, 0.4) is 0 Å². The summed E-state index contributed by atoms with van der Waals surface area (Å²) < 4.78 is 5.11. The number of nitrogens with two attached hydrogens (primary N) is 1. The van der Waals surface area contributed by atoms with Crippen molar-refractivity contribution in [2.75, 3.05) is 6.61 Å². The molecule has 4 heteroatoms. The lowest BCUT2D eigenvalue weighted by molar-refractivity contribution is -0.0170. The molecule has 0 spiro atoms. The van der Waals surface area contributed by atoms with Crippen LogP contribution in [0, 0.1) is 0 Å². The lowest BCUT2D eigenvalue weighted by Gasteiger charge is -2.11. The topological polar surface area (TPSA) is 75.7 Å². The average molecular weight is 147 g/mol. The SMILES string of the molecule is C[C@@H]1O[C@H](CO)C(O)C1N. The van der Waals surface area contributed by atoms with Crippen LogP contribution in [0.1, 0.15) is 6.92 Å². The van der Waals surface area contributed by atoms with Crippen molar-refractivity contribution in [2.24, 2.45) is 5.73 Å². The average Bonchev–Trinajstić information content (AvgIpc) is 2.17. The summed E-state index contributed by atoms with van der Waals surface area (Å²) in [6, 6.07) is -0.364. The van der Waals surface area contributed by atoms with Gasteiger partial charge in [-0.2, -0.15) is 0 Å². The molecule has 0 aromatic heterocycles. The van der Waals surface area contributed by atoms with Crippen molar-refractivity contribution in [3.63, 3.8) is 0 Å². The summed E-state index contributed by atoms with van der Waals surface area (Å²) in [5.41, 5.74) is 5.50. The summed E-state index contributed by atoms with van der Waals surface area (Å²) in [4.78, 5) is 0. The zero-order valence-corrected chi connectivity index (χ0v) is 5.90. The van der Waals surface area contributed by atoms with Gasteiger partial charge in [0.05, 0.1) is 24.9 Å². The minimum Gasteiger partial charge on any atom is -0.394 e. The van der Waals surface area contributed by atoms with Gasteiger partial charge in [0.15, 0.2) is 0 Å². The molecule has 0 bridgehead atoms. The number of aliphatic hydroxyl groups is 2. The summed E-state index contributed by atoms with van der Waals surface area (Å²) in [7, 11) is 0. The molecule has 1 aliphatic rings. The summed E-state index contributed by atoms with van der Waals surface area (Å²) in [6.07, 6.45) is -1.38. The number of rotatable bonds is 1. The van der Waals surface area contributed by atoms with Gasteiger partial charge >= 0.3 is 0 Å². The van der Waals surface area contributed by atoms with E-state index in [0.717, 1.165) is 0 Å². The van der Waals surface area contributed by atoms with Crippen molar-refractivity contribution in [3.05, 3.63) is 0 Å². The largest absolute Gasteiger partial charge is 0.394 e. The molecule has 1 heterocycles. The molecule has 2 unspecified atom stereocenters. The van der Waals surface area contributed by atoms with Crippen molar-refractivity contribution < 1.29 is 14.9 Å². The van der Waals surface area contributed by atoms with Crippen LogP contribution in [0.15, 0.2) is 0 Å². The zero-order chi connectivity index (χ0) is 7.72. The lowest BCUT2D eigenvalue weighted by Crippen LogP contribution is -2.40. The number of hydrogen-bond donors (Lipinski definition) is 3. The predicted molar refractivity (Wildman–Crippen MR) is 35.4 cm³/mol. The van der Waals surface area contributed by atoms with Crippen LogP contribution in [-0.4, -0.2) is 41.2 Å². The second-order valence-electron chi connectivity index (χ2n) is 2.63. The van der Waals surface area contributed by atoms with E-state index in [9.17, 15) is 5.11 Å². The van der Waals surface area contributed by atoms with Gasteiger partial charge in [0.25, 0.3) is 0 Å². The van der Waals surface area contributed by atoms with E-state index in [1.54, 1.807) is 6.92 Å². The van der Waals surface area contributed by atoms with Crippen molar-refractivity contribution in [3.8, 4) is 0 Å². The third kappa shape index (κ3) is 1.15. The minimum absolute atomic E-state index is 0.160. The second kappa shape index (κ2) is 2.84. The maximum Gasteiger partial charge on any atom is 0.108 e. The van der Waals surface area contributed by atoms with Gasteiger partial charge < -0.3 is 20.7 Å². The summed E-state index contributed by atoms with van der Waals surface area (Å²) in [5, 5.41) is 17.8. The Morgan fingerprint density at radius 3 is 2.40 bits per heavy atom. The van der Waals surface area contributed by atoms with Crippen molar-refractivity contribution in [1.82, 2.24) is 0 Å². The molecule has 0 amide bonds. The Hall–Kier alpha value is -0.160. The van der Waals surface area contributed by atoms with Gasteiger partial charge in [-0.05, 0) is 6.92 Å². The van der Waals surface area contributed by atoms with Crippen LogP contribution in [0.5, 0.6) is 0 Å².